The van der Waals surface area contributed by atoms with E-state index in [2.05, 4.69) is 4.98 Å². The first kappa shape index (κ1) is 16.6. The van der Waals surface area contributed by atoms with Gasteiger partial charge < -0.3 is 0 Å². The first-order valence-electron chi connectivity index (χ1n) is 3.96. The highest BCUT2D eigenvalue weighted by Crippen LogP contribution is 2.30. The molecule has 0 fully saturated rings. The summed E-state index contributed by atoms with van der Waals surface area (Å²) < 4.78 is 34.0. The first-order valence-corrected chi connectivity index (χ1v) is 5.19. The average Bonchev–Trinajstić information content (AvgIpc) is 2.25. The summed E-state index contributed by atoms with van der Waals surface area (Å²) in [7, 11) is -4.94. The Kier molecular flexibility index (Phi) is 5.66. The molecule has 0 saturated carbocycles. The second-order valence-electron chi connectivity index (χ2n) is 2.67. The van der Waals surface area contributed by atoms with Crippen LogP contribution in [0, 0.1) is 35.9 Å². The summed E-state index contributed by atoms with van der Waals surface area (Å²) >= 11 is 0. The van der Waals surface area contributed by atoms with E-state index in [-0.39, 0.29) is 5.69 Å². The molecule has 102 valence electrons. The van der Waals surface area contributed by atoms with Crippen LogP contribution < -0.4 is 18.6 Å². The molecular formula is C6H3ClN4O8. The van der Waals surface area contributed by atoms with Crippen LogP contribution in [0.25, 0.3) is 4.98 Å². The predicted octanol–water partition coefficient (Wildman–Crippen LogP) is -2.77. The minimum absolute atomic E-state index is 0.319. The average molecular weight is 295 g/mol. The highest BCUT2D eigenvalue weighted by molar-refractivity contribution is 5.65. The zero-order valence-corrected chi connectivity index (χ0v) is 9.42. The lowest BCUT2D eigenvalue weighted by Gasteiger charge is -2.17. The van der Waals surface area contributed by atoms with Crippen molar-refractivity contribution in [2.75, 3.05) is 0 Å². The van der Waals surface area contributed by atoms with Crippen molar-refractivity contribution < 1.29 is 38.7 Å². The molecule has 0 aliphatic rings. The van der Waals surface area contributed by atoms with Crippen LogP contribution in [-0.2, 0) is 0 Å². The molecule has 0 amide bonds. The molecule has 1 rings (SSSR count). The SMILES string of the molecule is N#[N+]c1ccc([N+](=O)[O-])cc1[N+](=O)[O-].[O-][Cl+3]([O-])([O-])[O-]. The van der Waals surface area contributed by atoms with E-state index >= 15 is 0 Å². The molecule has 0 atom stereocenters. The fourth-order valence-corrected chi connectivity index (χ4v) is 0.856. The Labute approximate surface area is 105 Å². The van der Waals surface area contributed by atoms with Gasteiger partial charge in [-0.3, -0.25) is 20.2 Å². The molecule has 0 aliphatic heterocycles. The molecule has 1 aromatic carbocycles. The summed E-state index contributed by atoms with van der Waals surface area (Å²) in [5, 5.41) is 29.0. The number of nitrogens with zero attached hydrogens (tertiary/aromatic N) is 4. The standard InChI is InChI=1S/C6H3N4O4.ClHO4/c7-8-5-2-1-4(9(11)12)3-6(5)10(13)14;2-1(3,4)5/h1-3H;(H,2,3,4,5)/q+1;/p-1. The fraction of sp³-hybridized carbons (Fsp3) is 0. The Morgan fingerprint density at radius 1 is 1.05 bits per heavy atom. The van der Waals surface area contributed by atoms with Crippen LogP contribution in [0.15, 0.2) is 18.2 Å². The van der Waals surface area contributed by atoms with E-state index in [4.69, 9.17) is 24.0 Å². The number of halogens is 1. The Morgan fingerprint density at radius 3 is 1.84 bits per heavy atom. The number of nitro benzene ring substituents is 2. The van der Waals surface area contributed by atoms with Gasteiger partial charge in [-0.2, -0.15) is 0 Å². The lowest BCUT2D eigenvalue weighted by atomic mass is 10.2. The molecular weight excluding hydrogens is 292 g/mol. The van der Waals surface area contributed by atoms with Gasteiger partial charge in [-0.05, 0) is 0 Å². The molecule has 0 N–H and O–H groups in total. The van der Waals surface area contributed by atoms with E-state index < -0.39 is 31.5 Å². The molecule has 0 aromatic heterocycles. The van der Waals surface area contributed by atoms with Gasteiger partial charge >= 0.3 is 11.4 Å². The van der Waals surface area contributed by atoms with Crippen LogP contribution in [0.5, 0.6) is 0 Å². The second kappa shape index (κ2) is 6.49. The van der Waals surface area contributed by atoms with Gasteiger partial charge in [-0.25, -0.2) is 18.6 Å². The summed E-state index contributed by atoms with van der Waals surface area (Å²) in [6.07, 6.45) is 0. The van der Waals surface area contributed by atoms with E-state index in [0.717, 1.165) is 18.2 Å². The number of rotatable bonds is 2. The zero-order valence-electron chi connectivity index (χ0n) is 8.66. The highest BCUT2D eigenvalue weighted by Gasteiger charge is 2.27. The van der Waals surface area contributed by atoms with Crippen LogP contribution in [0.2, 0.25) is 0 Å². The summed E-state index contributed by atoms with van der Waals surface area (Å²) in [6.45, 7) is 0. The molecule has 0 spiro atoms. The van der Waals surface area contributed by atoms with Crippen molar-refractivity contribution in [3.05, 3.63) is 43.4 Å². The van der Waals surface area contributed by atoms with E-state index in [9.17, 15) is 20.2 Å². The molecule has 0 aliphatic carbocycles. The number of non-ortho nitro benzene ring substituents is 1. The van der Waals surface area contributed by atoms with Gasteiger partial charge in [0.05, 0.1) is 9.85 Å². The van der Waals surface area contributed by atoms with Crippen LogP contribution in [0.1, 0.15) is 0 Å². The van der Waals surface area contributed by atoms with Crippen molar-refractivity contribution in [2.45, 2.75) is 0 Å². The molecule has 0 saturated heterocycles. The van der Waals surface area contributed by atoms with E-state index in [1.165, 1.54) is 0 Å². The Bertz CT molecular complexity index is 529. The van der Waals surface area contributed by atoms with Gasteiger partial charge in [-0.15, -0.1) is 10.2 Å². The Morgan fingerprint density at radius 2 is 1.53 bits per heavy atom. The molecule has 0 unspecified atom stereocenters. The second-order valence-corrected chi connectivity index (χ2v) is 3.42. The number of benzene rings is 1. The smallest absolute Gasteiger partial charge is 0.258 e. The monoisotopic (exact) mass is 294 g/mol. The largest absolute Gasteiger partial charge is 0.461 e. The number of nitro groups is 2. The Balaban J connectivity index is 0.000000555. The minimum atomic E-state index is -4.94. The third-order valence-electron chi connectivity index (χ3n) is 1.47. The number of hydrogen-bond donors (Lipinski definition) is 0. The summed E-state index contributed by atoms with van der Waals surface area (Å²) in [4.78, 5) is 21.6. The first-order chi connectivity index (χ1) is 8.56. The van der Waals surface area contributed by atoms with Crippen molar-refractivity contribution in [3.8, 4) is 0 Å². The zero-order chi connectivity index (χ0) is 15.2. The van der Waals surface area contributed by atoms with Crippen LogP contribution in [-0.4, -0.2) is 9.85 Å². The fourth-order valence-electron chi connectivity index (χ4n) is 0.856. The highest BCUT2D eigenvalue weighted by atomic mass is 35.7. The predicted molar refractivity (Wildman–Crippen MR) is 44.5 cm³/mol. The quantitative estimate of drug-likeness (QED) is 0.313. The molecule has 19 heavy (non-hydrogen) atoms. The maximum atomic E-state index is 10.4. The van der Waals surface area contributed by atoms with Crippen molar-refractivity contribution in [3.63, 3.8) is 0 Å². The van der Waals surface area contributed by atoms with E-state index in [1.807, 2.05) is 0 Å². The van der Waals surface area contributed by atoms with E-state index in [1.54, 1.807) is 0 Å². The van der Waals surface area contributed by atoms with Crippen LogP contribution in [0.3, 0.4) is 0 Å². The maximum Gasteiger partial charge on any atom is 0.461 e. The topological polar surface area (TPSA) is 207 Å². The third kappa shape index (κ3) is 6.78. The van der Waals surface area contributed by atoms with Crippen molar-refractivity contribution in [1.29, 1.82) is 5.39 Å². The molecule has 0 bridgehead atoms. The molecule has 0 radical (unpaired) electrons. The molecule has 0 heterocycles. The van der Waals surface area contributed by atoms with Gasteiger partial charge in [-0.1, -0.05) is 0 Å². The van der Waals surface area contributed by atoms with E-state index in [0.29, 0.717) is 0 Å². The Hall–Kier alpha value is -2.43. The van der Waals surface area contributed by atoms with Gasteiger partial charge in [0.2, 0.25) is 5.39 Å². The molecule has 12 nitrogen and oxygen atoms in total. The van der Waals surface area contributed by atoms with Crippen LogP contribution >= 0.6 is 0 Å². The lowest BCUT2D eigenvalue weighted by Crippen LogP contribution is -2.68. The number of diazo groups is 1. The lowest BCUT2D eigenvalue weighted by molar-refractivity contribution is -2.00. The van der Waals surface area contributed by atoms with Crippen molar-refractivity contribution >= 4 is 17.1 Å². The van der Waals surface area contributed by atoms with Gasteiger partial charge in [0, 0.05) is 12.1 Å². The normalized spacial score (nSPS) is 9.84. The van der Waals surface area contributed by atoms with Crippen molar-refractivity contribution in [1.82, 2.24) is 0 Å². The summed E-state index contributed by atoms with van der Waals surface area (Å²) in [6, 6.07) is 2.74. The molecule has 1 aromatic rings. The number of hydrogen-bond acceptors (Lipinski definition) is 9. The van der Waals surface area contributed by atoms with Crippen LogP contribution in [0.4, 0.5) is 17.1 Å². The third-order valence-corrected chi connectivity index (χ3v) is 1.47. The molecule has 13 heteroatoms. The van der Waals surface area contributed by atoms with Gasteiger partial charge in [0.15, 0.2) is 4.98 Å². The van der Waals surface area contributed by atoms with Gasteiger partial charge in [0.25, 0.3) is 5.69 Å². The minimum Gasteiger partial charge on any atom is -0.258 e. The van der Waals surface area contributed by atoms with Crippen molar-refractivity contribution in [2.24, 2.45) is 0 Å². The maximum absolute atomic E-state index is 10.4. The summed E-state index contributed by atoms with van der Waals surface area (Å²) in [5.41, 5.74) is -1.36. The summed E-state index contributed by atoms with van der Waals surface area (Å²) in [5.74, 6) is 0. The van der Waals surface area contributed by atoms with Gasteiger partial charge in [0.1, 0.15) is 6.07 Å².